The maximum absolute atomic E-state index is 12.2. The monoisotopic (exact) mass is 512 g/mol. The summed E-state index contributed by atoms with van der Waals surface area (Å²) in [6, 6.07) is 5.64. The van der Waals surface area contributed by atoms with Gasteiger partial charge in [-0.2, -0.15) is 0 Å². The molecule has 12 heteroatoms. The first-order valence-corrected chi connectivity index (χ1v) is 12.4. The number of nitrogens with zero attached hydrogens (tertiary/aromatic N) is 4. The second-order valence-electron chi connectivity index (χ2n) is 8.71. The van der Waals surface area contributed by atoms with E-state index in [0.717, 1.165) is 5.56 Å². The van der Waals surface area contributed by atoms with E-state index in [4.69, 9.17) is 8.83 Å². The van der Waals surface area contributed by atoms with Crippen LogP contribution in [0.3, 0.4) is 0 Å². The van der Waals surface area contributed by atoms with E-state index in [0.29, 0.717) is 39.7 Å². The fourth-order valence-corrected chi connectivity index (χ4v) is 4.98. The van der Waals surface area contributed by atoms with Crippen molar-refractivity contribution in [3.8, 4) is 5.75 Å². The lowest BCUT2D eigenvalue weighted by Gasteiger charge is -2.08. The highest BCUT2D eigenvalue weighted by Gasteiger charge is 2.60. The molecule has 34 heavy (non-hydrogen) atoms. The minimum atomic E-state index is -4.71. The second-order valence-corrected chi connectivity index (χ2v) is 10.6. The molecule has 4 rings (SSSR count). The molecule has 2 atom stereocenters. The number of aromatic nitrogens is 4. The van der Waals surface area contributed by atoms with Gasteiger partial charge in [-0.1, -0.05) is 61.2 Å². The quantitative estimate of drug-likeness (QED) is 0.231. The number of allylic oxidation sites excluding steroid dienone is 2. The molecule has 0 aliphatic heterocycles. The van der Waals surface area contributed by atoms with E-state index in [1.807, 2.05) is 0 Å². The molecule has 2 heterocycles. The SMILES string of the molecule is CC(C)=C[C@@H]1[C@@H](c2nnc(SCc3nnc(SCc4ccc(OC(F)(F)F)cc4)o3)o2)C1(C)C. The van der Waals surface area contributed by atoms with Gasteiger partial charge in [0.05, 0.1) is 5.75 Å². The Labute approximate surface area is 202 Å². The zero-order valence-corrected chi connectivity index (χ0v) is 20.6. The van der Waals surface area contributed by atoms with Gasteiger partial charge in [0, 0.05) is 11.7 Å². The number of halogens is 3. The lowest BCUT2D eigenvalue weighted by atomic mass is 10.1. The third kappa shape index (κ3) is 6.15. The van der Waals surface area contributed by atoms with Crippen molar-refractivity contribution in [2.24, 2.45) is 11.3 Å². The number of alkyl halides is 3. The molecular weight excluding hydrogens is 489 g/mol. The molecule has 182 valence electrons. The molecule has 1 aromatic carbocycles. The molecule has 0 spiro atoms. The molecule has 7 nitrogen and oxygen atoms in total. The van der Waals surface area contributed by atoms with Gasteiger partial charge >= 0.3 is 6.36 Å². The summed E-state index contributed by atoms with van der Waals surface area (Å²) in [5, 5.41) is 17.2. The fourth-order valence-electron chi connectivity index (χ4n) is 3.63. The Morgan fingerprint density at radius 2 is 1.65 bits per heavy atom. The van der Waals surface area contributed by atoms with Crippen LogP contribution in [0.25, 0.3) is 0 Å². The van der Waals surface area contributed by atoms with E-state index >= 15 is 0 Å². The Kier molecular flexibility index (Phi) is 6.99. The predicted octanol–water partition coefficient (Wildman–Crippen LogP) is 6.64. The highest BCUT2D eigenvalue weighted by atomic mass is 32.2. The van der Waals surface area contributed by atoms with E-state index in [-0.39, 0.29) is 17.1 Å². The van der Waals surface area contributed by atoms with Crippen LogP contribution in [0.5, 0.6) is 5.75 Å². The first-order chi connectivity index (χ1) is 16.0. The molecule has 1 saturated carbocycles. The summed E-state index contributed by atoms with van der Waals surface area (Å²) in [5.41, 5.74) is 2.16. The van der Waals surface area contributed by atoms with Crippen molar-refractivity contribution < 1.29 is 26.7 Å². The number of hydrogen-bond donors (Lipinski definition) is 0. The molecule has 1 fully saturated rings. The van der Waals surface area contributed by atoms with Gasteiger partial charge < -0.3 is 13.6 Å². The van der Waals surface area contributed by atoms with Gasteiger partial charge in [-0.25, -0.2) is 0 Å². The summed E-state index contributed by atoms with van der Waals surface area (Å²) in [5.74, 6) is 2.23. The van der Waals surface area contributed by atoms with Gasteiger partial charge in [-0.3, -0.25) is 0 Å². The third-order valence-corrected chi connectivity index (χ3v) is 7.09. The molecule has 0 N–H and O–H groups in total. The van der Waals surface area contributed by atoms with Gasteiger partial charge in [-0.15, -0.1) is 33.6 Å². The van der Waals surface area contributed by atoms with E-state index in [1.54, 1.807) is 12.1 Å². The van der Waals surface area contributed by atoms with Crippen molar-refractivity contribution >= 4 is 23.5 Å². The van der Waals surface area contributed by atoms with Crippen LogP contribution in [-0.4, -0.2) is 26.8 Å². The Hall–Kier alpha value is -2.47. The van der Waals surface area contributed by atoms with Crippen LogP contribution >= 0.6 is 23.5 Å². The van der Waals surface area contributed by atoms with E-state index in [1.165, 1.54) is 41.2 Å². The smallest absolute Gasteiger partial charge is 0.416 e. The van der Waals surface area contributed by atoms with Crippen molar-refractivity contribution in [3.63, 3.8) is 0 Å². The normalized spacial score (nSPS) is 19.1. The van der Waals surface area contributed by atoms with Crippen molar-refractivity contribution in [1.29, 1.82) is 0 Å². The summed E-state index contributed by atoms with van der Waals surface area (Å²) in [6.45, 7) is 8.56. The van der Waals surface area contributed by atoms with Gasteiger partial charge in [0.15, 0.2) is 0 Å². The topological polar surface area (TPSA) is 87.1 Å². The molecule has 1 aliphatic rings. The fraction of sp³-hybridized carbons (Fsp3) is 0.455. The van der Waals surface area contributed by atoms with E-state index in [2.05, 4.69) is 58.9 Å². The minimum Gasteiger partial charge on any atom is -0.416 e. The zero-order chi connectivity index (χ0) is 24.5. The lowest BCUT2D eigenvalue weighted by Crippen LogP contribution is -2.16. The van der Waals surface area contributed by atoms with Crippen molar-refractivity contribution in [2.75, 3.05) is 0 Å². The average Bonchev–Trinajstić information content (AvgIpc) is 3.16. The van der Waals surface area contributed by atoms with Crippen LogP contribution in [0.4, 0.5) is 13.2 Å². The molecule has 0 unspecified atom stereocenters. The van der Waals surface area contributed by atoms with Gasteiger partial charge in [-0.05, 0) is 42.9 Å². The predicted molar refractivity (Wildman–Crippen MR) is 120 cm³/mol. The maximum Gasteiger partial charge on any atom is 0.573 e. The molecule has 1 aliphatic carbocycles. The summed E-state index contributed by atoms with van der Waals surface area (Å²) >= 11 is 2.61. The van der Waals surface area contributed by atoms with E-state index < -0.39 is 6.36 Å². The maximum atomic E-state index is 12.2. The van der Waals surface area contributed by atoms with Crippen LogP contribution in [0.2, 0.25) is 0 Å². The summed E-state index contributed by atoms with van der Waals surface area (Å²) in [7, 11) is 0. The van der Waals surface area contributed by atoms with E-state index in [9.17, 15) is 13.2 Å². The van der Waals surface area contributed by atoms with Crippen LogP contribution in [0.15, 0.2) is 55.2 Å². The number of ether oxygens (including phenoxy) is 1. The second kappa shape index (κ2) is 9.65. The highest BCUT2D eigenvalue weighted by molar-refractivity contribution is 7.98. The number of rotatable bonds is 9. The Morgan fingerprint density at radius 1 is 1.00 bits per heavy atom. The number of thioether (sulfide) groups is 2. The Morgan fingerprint density at radius 3 is 2.32 bits per heavy atom. The molecule has 0 bridgehead atoms. The molecule has 2 aromatic heterocycles. The largest absolute Gasteiger partial charge is 0.573 e. The summed E-state index contributed by atoms with van der Waals surface area (Å²) in [4.78, 5) is 0. The Balaban J connectivity index is 1.26. The first-order valence-electron chi connectivity index (χ1n) is 10.4. The minimum absolute atomic E-state index is 0.0933. The average molecular weight is 513 g/mol. The summed E-state index contributed by atoms with van der Waals surface area (Å²) in [6.07, 6.45) is -2.45. The molecular formula is C22H23F3N4O3S2. The molecule has 0 radical (unpaired) electrons. The van der Waals surface area contributed by atoms with Gasteiger partial charge in [0.1, 0.15) is 5.75 Å². The molecule has 3 aromatic rings. The van der Waals surface area contributed by atoms with Crippen LogP contribution in [-0.2, 0) is 11.5 Å². The lowest BCUT2D eigenvalue weighted by molar-refractivity contribution is -0.274. The molecule has 0 saturated heterocycles. The van der Waals surface area contributed by atoms with Crippen LogP contribution in [0, 0.1) is 11.3 Å². The molecule has 0 amide bonds. The van der Waals surface area contributed by atoms with Crippen molar-refractivity contribution in [3.05, 3.63) is 53.3 Å². The number of benzene rings is 1. The van der Waals surface area contributed by atoms with Gasteiger partial charge in [0.2, 0.25) is 11.8 Å². The first kappa shape index (κ1) is 24.6. The third-order valence-electron chi connectivity index (χ3n) is 5.40. The van der Waals surface area contributed by atoms with Crippen molar-refractivity contribution in [1.82, 2.24) is 20.4 Å². The van der Waals surface area contributed by atoms with Crippen LogP contribution in [0.1, 0.15) is 51.0 Å². The summed E-state index contributed by atoms with van der Waals surface area (Å²) < 4.78 is 52.1. The Bertz CT molecular complexity index is 1150. The van der Waals surface area contributed by atoms with Crippen molar-refractivity contribution in [2.45, 2.75) is 61.9 Å². The standard InChI is InChI=1S/C22H23F3N4O3S2/c1-12(2)9-15-17(21(15,3)4)18-27-29-20(31-18)34-11-16-26-28-19(30-16)33-10-13-5-7-14(8-6-13)32-22(23,24)25/h5-9,15,17H,10-11H2,1-4H3/t15-,17+/m1/s1. The highest BCUT2D eigenvalue weighted by Crippen LogP contribution is 2.65. The number of hydrogen-bond acceptors (Lipinski definition) is 9. The van der Waals surface area contributed by atoms with Crippen LogP contribution < -0.4 is 4.74 Å². The van der Waals surface area contributed by atoms with Gasteiger partial charge in [0.25, 0.3) is 10.4 Å². The zero-order valence-electron chi connectivity index (χ0n) is 18.9.